The minimum atomic E-state index is -0.318. The smallest absolute Gasteiger partial charge is 0.302 e. The average molecular weight is 254 g/mol. The SMILES string of the molecule is CC(=O)OCc1ccc(C#N)cc1Br. The number of nitrogens with zero attached hydrogens (tertiary/aromatic N) is 1. The van der Waals surface area contributed by atoms with Crippen molar-refractivity contribution in [3.05, 3.63) is 33.8 Å². The topological polar surface area (TPSA) is 50.1 Å². The summed E-state index contributed by atoms with van der Waals surface area (Å²) in [4.78, 5) is 10.6. The minimum absolute atomic E-state index is 0.224. The molecule has 4 heteroatoms. The molecule has 3 nitrogen and oxygen atoms in total. The van der Waals surface area contributed by atoms with Gasteiger partial charge < -0.3 is 4.74 Å². The van der Waals surface area contributed by atoms with Crippen molar-refractivity contribution in [2.75, 3.05) is 0 Å². The van der Waals surface area contributed by atoms with Gasteiger partial charge in [0.05, 0.1) is 11.6 Å². The Bertz CT molecular complexity index is 396. The van der Waals surface area contributed by atoms with Gasteiger partial charge in [0.1, 0.15) is 6.61 Å². The summed E-state index contributed by atoms with van der Waals surface area (Å²) >= 11 is 3.30. The normalized spacial score (nSPS) is 9.21. The molecule has 1 aromatic rings. The number of rotatable bonds is 2. The van der Waals surface area contributed by atoms with E-state index in [0.29, 0.717) is 5.56 Å². The van der Waals surface area contributed by atoms with Gasteiger partial charge in [0.15, 0.2) is 0 Å². The molecule has 0 radical (unpaired) electrons. The molecule has 0 aliphatic heterocycles. The number of hydrogen-bond acceptors (Lipinski definition) is 3. The van der Waals surface area contributed by atoms with E-state index in [2.05, 4.69) is 15.9 Å². The standard InChI is InChI=1S/C10H8BrNO2/c1-7(13)14-6-9-3-2-8(5-12)4-10(9)11/h2-4H,6H2,1H3. The number of carbonyl (C=O) groups is 1. The molecule has 1 rings (SSSR count). The Kier molecular flexibility index (Phi) is 3.66. The van der Waals surface area contributed by atoms with Crippen molar-refractivity contribution in [1.29, 1.82) is 5.26 Å². The van der Waals surface area contributed by atoms with E-state index < -0.39 is 0 Å². The molecule has 0 heterocycles. The van der Waals surface area contributed by atoms with Gasteiger partial charge >= 0.3 is 5.97 Å². The van der Waals surface area contributed by atoms with Crippen molar-refractivity contribution in [3.63, 3.8) is 0 Å². The lowest BCUT2D eigenvalue weighted by Crippen LogP contribution is -1.99. The van der Waals surface area contributed by atoms with Crippen LogP contribution in [0.2, 0.25) is 0 Å². The third-order valence-corrected chi connectivity index (χ3v) is 2.35. The summed E-state index contributed by atoms with van der Waals surface area (Å²) in [5.41, 5.74) is 1.42. The lowest BCUT2D eigenvalue weighted by atomic mass is 10.2. The quantitative estimate of drug-likeness (QED) is 0.761. The minimum Gasteiger partial charge on any atom is -0.461 e. The fourth-order valence-electron chi connectivity index (χ4n) is 0.913. The number of halogens is 1. The van der Waals surface area contributed by atoms with Crippen LogP contribution in [0.5, 0.6) is 0 Å². The van der Waals surface area contributed by atoms with Crippen LogP contribution in [0.15, 0.2) is 22.7 Å². The van der Waals surface area contributed by atoms with Crippen LogP contribution in [0.4, 0.5) is 0 Å². The first kappa shape index (κ1) is 10.7. The molecule has 14 heavy (non-hydrogen) atoms. The number of nitriles is 1. The highest BCUT2D eigenvalue weighted by molar-refractivity contribution is 9.10. The van der Waals surface area contributed by atoms with E-state index in [-0.39, 0.29) is 12.6 Å². The first-order chi connectivity index (χ1) is 6.63. The predicted molar refractivity (Wildman–Crippen MR) is 54.3 cm³/mol. The molecule has 0 saturated carbocycles. The molecule has 0 spiro atoms. The van der Waals surface area contributed by atoms with Gasteiger partial charge in [0, 0.05) is 17.0 Å². The maximum atomic E-state index is 10.6. The van der Waals surface area contributed by atoms with Gasteiger partial charge in [0.2, 0.25) is 0 Å². The van der Waals surface area contributed by atoms with E-state index >= 15 is 0 Å². The molecular weight excluding hydrogens is 246 g/mol. The fourth-order valence-corrected chi connectivity index (χ4v) is 1.41. The van der Waals surface area contributed by atoms with Gasteiger partial charge in [-0.15, -0.1) is 0 Å². The van der Waals surface area contributed by atoms with Gasteiger partial charge in [-0.25, -0.2) is 0 Å². The zero-order chi connectivity index (χ0) is 10.6. The molecule has 0 aliphatic carbocycles. The maximum absolute atomic E-state index is 10.6. The molecule has 0 aliphatic rings. The number of carbonyl (C=O) groups excluding carboxylic acids is 1. The summed E-state index contributed by atoms with van der Waals surface area (Å²) in [5.74, 6) is -0.318. The van der Waals surface area contributed by atoms with Crippen LogP contribution in [0, 0.1) is 11.3 Å². The highest BCUT2D eigenvalue weighted by Crippen LogP contribution is 2.19. The zero-order valence-corrected chi connectivity index (χ0v) is 9.17. The van der Waals surface area contributed by atoms with E-state index in [9.17, 15) is 4.79 Å². The van der Waals surface area contributed by atoms with Gasteiger partial charge in [-0.2, -0.15) is 5.26 Å². The van der Waals surface area contributed by atoms with Crippen LogP contribution in [0.3, 0.4) is 0 Å². The van der Waals surface area contributed by atoms with Gasteiger partial charge in [-0.1, -0.05) is 22.0 Å². The molecule has 0 N–H and O–H groups in total. The highest BCUT2D eigenvalue weighted by Gasteiger charge is 2.02. The van der Waals surface area contributed by atoms with Crippen molar-refractivity contribution in [1.82, 2.24) is 0 Å². The number of esters is 1. The first-order valence-corrected chi connectivity index (χ1v) is 4.74. The molecule has 1 aromatic carbocycles. The third-order valence-electron chi connectivity index (χ3n) is 1.61. The lowest BCUT2D eigenvalue weighted by Gasteiger charge is -2.04. The summed E-state index contributed by atoms with van der Waals surface area (Å²) in [5, 5.41) is 8.61. The Morgan fingerprint density at radius 2 is 2.36 bits per heavy atom. The fraction of sp³-hybridized carbons (Fsp3) is 0.200. The largest absolute Gasteiger partial charge is 0.461 e. The van der Waals surface area contributed by atoms with Crippen LogP contribution in [0.25, 0.3) is 0 Å². The molecule has 0 saturated heterocycles. The Balaban J connectivity index is 2.80. The first-order valence-electron chi connectivity index (χ1n) is 3.95. The van der Waals surface area contributed by atoms with Crippen molar-refractivity contribution in [2.24, 2.45) is 0 Å². The van der Waals surface area contributed by atoms with E-state index in [1.807, 2.05) is 6.07 Å². The molecule has 0 amide bonds. The Hall–Kier alpha value is -1.34. The van der Waals surface area contributed by atoms with Crippen molar-refractivity contribution in [2.45, 2.75) is 13.5 Å². The van der Waals surface area contributed by atoms with Crippen LogP contribution in [-0.2, 0) is 16.1 Å². The van der Waals surface area contributed by atoms with Gasteiger partial charge in [-0.05, 0) is 12.1 Å². The monoisotopic (exact) mass is 253 g/mol. The average Bonchev–Trinajstić information content (AvgIpc) is 2.15. The zero-order valence-electron chi connectivity index (χ0n) is 7.58. The van der Waals surface area contributed by atoms with Crippen LogP contribution in [-0.4, -0.2) is 5.97 Å². The molecular formula is C10H8BrNO2. The van der Waals surface area contributed by atoms with E-state index in [0.717, 1.165) is 10.0 Å². The van der Waals surface area contributed by atoms with Crippen molar-refractivity contribution in [3.8, 4) is 6.07 Å². The van der Waals surface area contributed by atoms with E-state index in [4.69, 9.17) is 10.00 Å². The molecule has 0 bridgehead atoms. The molecule has 0 atom stereocenters. The van der Waals surface area contributed by atoms with Gasteiger partial charge in [-0.3, -0.25) is 4.79 Å². The number of benzene rings is 1. The number of hydrogen-bond donors (Lipinski definition) is 0. The second-order valence-electron chi connectivity index (χ2n) is 2.70. The van der Waals surface area contributed by atoms with Crippen molar-refractivity contribution >= 4 is 21.9 Å². The van der Waals surface area contributed by atoms with Crippen LogP contribution < -0.4 is 0 Å². The molecule has 0 unspecified atom stereocenters. The predicted octanol–water partition coefficient (Wildman–Crippen LogP) is 2.38. The molecule has 0 aromatic heterocycles. The van der Waals surface area contributed by atoms with Crippen molar-refractivity contribution < 1.29 is 9.53 Å². The van der Waals surface area contributed by atoms with E-state index in [1.54, 1.807) is 18.2 Å². The van der Waals surface area contributed by atoms with Crippen LogP contribution >= 0.6 is 15.9 Å². The molecule has 0 fully saturated rings. The summed E-state index contributed by atoms with van der Waals surface area (Å²) in [6.45, 7) is 1.58. The Morgan fingerprint density at radius 3 is 2.86 bits per heavy atom. The van der Waals surface area contributed by atoms with Crippen LogP contribution in [0.1, 0.15) is 18.1 Å². The van der Waals surface area contributed by atoms with E-state index in [1.165, 1.54) is 6.92 Å². The highest BCUT2D eigenvalue weighted by atomic mass is 79.9. The third kappa shape index (κ3) is 2.86. The maximum Gasteiger partial charge on any atom is 0.302 e. The Labute approximate surface area is 90.4 Å². The summed E-state index contributed by atoms with van der Waals surface area (Å²) in [6, 6.07) is 7.16. The Morgan fingerprint density at radius 1 is 1.64 bits per heavy atom. The number of ether oxygens (including phenoxy) is 1. The lowest BCUT2D eigenvalue weighted by molar-refractivity contribution is -0.142. The summed E-state index contributed by atoms with van der Waals surface area (Å²) in [7, 11) is 0. The second-order valence-corrected chi connectivity index (χ2v) is 3.55. The summed E-state index contributed by atoms with van der Waals surface area (Å²) < 4.78 is 5.61. The summed E-state index contributed by atoms with van der Waals surface area (Å²) in [6.07, 6.45) is 0. The second kappa shape index (κ2) is 4.77. The molecule has 72 valence electrons. The van der Waals surface area contributed by atoms with Gasteiger partial charge in [0.25, 0.3) is 0 Å².